The van der Waals surface area contributed by atoms with Crippen LogP contribution in [0.15, 0.2) is 0 Å². The molecule has 0 saturated carbocycles. The molecule has 1 N–H and O–H groups in total. The van der Waals surface area contributed by atoms with Gasteiger partial charge in [0.25, 0.3) is 0 Å². The molecule has 2 aliphatic heterocycles. The fourth-order valence-corrected chi connectivity index (χ4v) is 2.32. The summed E-state index contributed by atoms with van der Waals surface area (Å²) in [6.07, 6.45) is 2.21. The third-order valence-electron chi connectivity index (χ3n) is 3.23. The molecule has 0 bridgehead atoms. The van der Waals surface area contributed by atoms with E-state index < -0.39 is 0 Å². The Bertz CT molecular complexity index is 213. The van der Waals surface area contributed by atoms with Crippen LogP contribution in [0.1, 0.15) is 12.8 Å². The minimum atomic E-state index is 0.160. The summed E-state index contributed by atoms with van der Waals surface area (Å²) in [5, 5.41) is 3.26. The van der Waals surface area contributed by atoms with Gasteiger partial charge in [-0.15, -0.1) is 0 Å². The van der Waals surface area contributed by atoms with Crippen LogP contribution in [0.5, 0.6) is 0 Å². The number of likely N-dealkylation sites (N-methyl/N-ethyl adjacent to an activating group) is 1. The molecule has 2 rings (SSSR count). The zero-order valence-electron chi connectivity index (χ0n) is 8.83. The van der Waals surface area contributed by atoms with Gasteiger partial charge in [-0.2, -0.15) is 0 Å². The van der Waals surface area contributed by atoms with Crippen LogP contribution in [0.2, 0.25) is 0 Å². The van der Waals surface area contributed by atoms with Crippen molar-refractivity contribution in [2.75, 3.05) is 39.8 Å². The van der Waals surface area contributed by atoms with Crippen molar-refractivity contribution < 1.29 is 4.79 Å². The van der Waals surface area contributed by atoms with Crippen molar-refractivity contribution in [3.8, 4) is 0 Å². The standard InChI is InChI=1S/C10H19N3O/c1-12-6-2-3-9(12)10(14)13-7-4-11-5-8-13/h9,11H,2-8H2,1H3. The van der Waals surface area contributed by atoms with E-state index >= 15 is 0 Å². The lowest BCUT2D eigenvalue weighted by atomic mass is 10.2. The zero-order chi connectivity index (χ0) is 9.97. The maximum atomic E-state index is 12.1. The van der Waals surface area contributed by atoms with E-state index in [1.54, 1.807) is 0 Å². The normalized spacial score (nSPS) is 29.5. The molecule has 2 fully saturated rings. The van der Waals surface area contributed by atoms with Crippen molar-refractivity contribution >= 4 is 5.91 Å². The molecule has 0 aromatic heterocycles. The molecular weight excluding hydrogens is 178 g/mol. The second-order valence-corrected chi connectivity index (χ2v) is 4.21. The molecule has 0 spiro atoms. The summed E-state index contributed by atoms with van der Waals surface area (Å²) in [5.74, 6) is 0.339. The molecule has 1 atom stereocenters. The van der Waals surface area contributed by atoms with E-state index in [0.717, 1.165) is 39.1 Å². The Morgan fingerprint density at radius 1 is 1.29 bits per heavy atom. The average Bonchev–Trinajstić information content (AvgIpc) is 2.65. The van der Waals surface area contributed by atoms with E-state index in [1.165, 1.54) is 6.42 Å². The Morgan fingerprint density at radius 3 is 2.57 bits per heavy atom. The van der Waals surface area contributed by atoms with Gasteiger partial charge in [0.15, 0.2) is 0 Å². The summed E-state index contributed by atoms with van der Waals surface area (Å²) in [6.45, 7) is 4.72. The molecule has 80 valence electrons. The van der Waals surface area contributed by atoms with Crippen molar-refractivity contribution in [2.45, 2.75) is 18.9 Å². The first-order valence-electron chi connectivity index (χ1n) is 5.49. The van der Waals surface area contributed by atoms with Crippen molar-refractivity contribution in [3.05, 3.63) is 0 Å². The summed E-state index contributed by atoms with van der Waals surface area (Å²) < 4.78 is 0. The van der Waals surface area contributed by atoms with Gasteiger partial charge in [-0.25, -0.2) is 0 Å². The molecule has 2 heterocycles. The van der Waals surface area contributed by atoms with Crippen molar-refractivity contribution in [1.29, 1.82) is 0 Å². The summed E-state index contributed by atoms with van der Waals surface area (Å²) in [5.41, 5.74) is 0. The Hall–Kier alpha value is -0.610. The minimum Gasteiger partial charge on any atom is -0.339 e. The van der Waals surface area contributed by atoms with Crippen LogP contribution in [0.25, 0.3) is 0 Å². The predicted octanol–water partition coefficient (Wildman–Crippen LogP) is -0.488. The summed E-state index contributed by atoms with van der Waals surface area (Å²) in [7, 11) is 2.05. The second kappa shape index (κ2) is 4.28. The number of hydrogen-bond donors (Lipinski definition) is 1. The van der Waals surface area contributed by atoms with Gasteiger partial charge in [-0.1, -0.05) is 0 Å². The molecule has 14 heavy (non-hydrogen) atoms. The number of nitrogens with one attached hydrogen (secondary N) is 1. The Kier molecular flexibility index (Phi) is 3.03. The number of piperazine rings is 1. The summed E-state index contributed by atoms with van der Waals surface area (Å²) in [4.78, 5) is 16.3. The van der Waals surface area contributed by atoms with Crippen LogP contribution in [-0.4, -0.2) is 61.5 Å². The molecule has 4 nitrogen and oxygen atoms in total. The van der Waals surface area contributed by atoms with E-state index in [-0.39, 0.29) is 6.04 Å². The van der Waals surface area contributed by atoms with Crippen molar-refractivity contribution in [1.82, 2.24) is 15.1 Å². The van der Waals surface area contributed by atoms with E-state index in [9.17, 15) is 4.79 Å². The van der Waals surface area contributed by atoms with Gasteiger partial charge in [0, 0.05) is 26.2 Å². The highest BCUT2D eigenvalue weighted by Crippen LogP contribution is 2.17. The van der Waals surface area contributed by atoms with Gasteiger partial charge >= 0.3 is 0 Å². The van der Waals surface area contributed by atoms with Crippen molar-refractivity contribution in [3.63, 3.8) is 0 Å². The lowest BCUT2D eigenvalue weighted by Crippen LogP contribution is -2.51. The number of carbonyl (C=O) groups excluding carboxylic acids is 1. The van der Waals surface area contributed by atoms with Crippen LogP contribution in [-0.2, 0) is 4.79 Å². The van der Waals surface area contributed by atoms with Crippen molar-refractivity contribution in [2.24, 2.45) is 0 Å². The summed E-state index contributed by atoms with van der Waals surface area (Å²) >= 11 is 0. The lowest BCUT2D eigenvalue weighted by Gasteiger charge is -2.31. The molecule has 2 saturated heterocycles. The quantitative estimate of drug-likeness (QED) is 0.616. The van der Waals surface area contributed by atoms with Gasteiger partial charge in [0.2, 0.25) is 5.91 Å². The maximum absolute atomic E-state index is 12.1. The molecule has 0 aliphatic carbocycles. The van der Waals surface area contributed by atoms with E-state index in [2.05, 4.69) is 17.3 Å². The molecule has 4 heteroatoms. The highest BCUT2D eigenvalue weighted by molar-refractivity contribution is 5.82. The average molecular weight is 197 g/mol. The zero-order valence-corrected chi connectivity index (χ0v) is 8.83. The fraction of sp³-hybridized carbons (Fsp3) is 0.900. The van der Waals surface area contributed by atoms with Crippen LogP contribution in [0.3, 0.4) is 0 Å². The lowest BCUT2D eigenvalue weighted by molar-refractivity contribution is -0.136. The molecule has 2 aliphatic rings. The number of amides is 1. The first kappa shape index (κ1) is 9.93. The largest absolute Gasteiger partial charge is 0.339 e. The van der Waals surface area contributed by atoms with Gasteiger partial charge in [0.05, 0.1) is 6.04 Å². The van der Waals surface area contributed by atoms with Gasteiger partial charge < -0.3 is 10.2 Å². The SMILES string of the molecule is CN1CCCC1C(=O)N1CCNCC1. The minimum absolute atomic E-state index is 0.160. The first-order valence-corrected chi connectivity index (χ1v) is 5.49. The van der Waals surface area contributed by atoms with Crippen LogP contribution in [0, 0.1) is 0 Å². The Balaban J connectivity index is 1.92. The van der Waals surface area contributed by atoms with E-state index in [0.29, 0.717) is 5.91 Å². The van der Waals surface area contributed by atoms with Crippen LogP contribution >= 0.6 is 0 Å². The van der Waals surface area contributed by atoms with Crippen LogP contribution in [0.4, 0.5) is 0 Å². The number of rotatable bonds is 1. The number of hydrogen-bond acceptors (Lipinski definition) is 3. The molecule has 1 amide bonds. The maximum Gasteiger partial charge on any atom is 0.240 e. The second-order valence-electron chi connectivity index (χ2n) is 4.21. The molecular formula is C10H19N3O. The van der Waals surface area contributed by atoms with E-state index in [1.807, 2.05) is 4.90 Å². The predicted molar refractivity (Wildman–Crippen MR) is 55.1 cm³/mol. The highest BCUT2D eigenvalue weighted by atomic mass is 16.2. The topological polar surface area (TPSA) is 35.6 Å². The highest BCUT2D eigenvalue weighted by Gasteiger charge is 2.31. The van der Waals surface area contributed by atoms with Crippen LogP contribution < -0.4 is 5.32 Å². The Labute approximate surface area is 85.2 Å². The smallest absolute Gasteiger partial charge is 0.240 e. The third-order valence-corrected chi connectivity index (χ3v) is 3.23. The van der Waals surface area contributed by atoms with Gasteiger partial charge in [0.1, 0.15) is 0 Å². The molecule has 1 unspecified atom stereocenters. The first-order chi connectivity index (χ1) is 6.79. The number of carbonyl (C=O) groups is 1. The monoisotopic (exact) mass is 197 g/mol. The number of likely N-dealkylation sites (tertiary alicyclic amines) is 1. The molecule has 0 aromatic carbocycles. The fourth-order valence-electron chi connectivity index (χ4n) is 2.32. The molecule has 0 aromatic rings. The van der Waals surface area contributed by atoms with Gasteiger partial charge in [-0.05, 0) is 26.4 Å². The third kappa shape index (κ3) is 1.91. The Morgan fingerprint density at radius 2 is 2.00 bits per heavy atom. The van der Waals surface area contributed by atoms with Gasteiger partial charge in [-0.3, -0.25) is 9.69 Å². The summed E-state index contributed by atoms with van der Waals surface area (Å²) in [6, 6.07) is 0.160. The molecule has 0 radical (unpaired) electrons. The van der Waals surface area contributed by atoms with E-state index in [4.69, 9.17) is 0 Å². The number of nitrogens with zero attached hydrogens (tertiary/aromatic N) is 2.